The van der Waals surface area contributed by atoms with Crippen LogP contribution in [0.2, 0.25) is 0 Å². The number of nitrogens with zero attached hydrogens (tertiary/aromatic N) is 5. The van der Waals surface area contributed by atoms with Gasteiger partial charge in [0.2, 0.25) is 0 Å². The summed E-state index contributed by atoms with van der Waals surface area (Å²) in [6.07, 6.45) is 0. The number of benzene rings is 11. The Bertz CT molecular complexity index is 4620. The van der Waals surface area contributed by atoms with Crippen LogP contribution in [0.4, 0.5) is 0 Å². The molecule has 0 fully saturated rings. The van der Waals surface area contributed by atoms with E-state index in [1.165, 1.54) is 10.8 Å². The maximum absolute atomic E-state index is 7.20. The monoisotopic (exact) mass is 879 g/mol. The second-order valence-corrected chi connectivity index (χ2v) is 17.9. The summed E-state index contributed by atoms with van der Waals surface area (Å²) in [5.74, 6) is 1.64. The molecule has 6 nitrogen and oxygen atoms in total. The zero-order valence-corrected chi connectivity index (χ0v) is 37.0. The summed E-state index contributed by atoms with van der Waals surface area (Å²) in [5.41, 5.74) is 10.3. The third kappa shape index (κ3) is 5.63. The highest BCUT2D eigenvalue weighted by molar-refractivity contribution is 6.22. The van der Waals surface area contributed by atoms with Gasteiger partial charge in [-0.2, -0.15) is 0 Å². The summed E-state index contributed by atoms with van der Waals surface area (Å²) in [6, 6.07) is 79.7. The molecule has 6 heteroatoms. The van der Waals surface area contributed by atoms with E-state index in [2.05, 4.69) is 234 Å². The Morgan fingerprint density at radius 1 is 0.348 bits per heavy atom. The molecule has 0 radical (unpaired) electrons. The van der Waals surface area contributed by atoms with Gasteiger partial charge in [-0.25, -0.2) is 15.0 Å². The quantitative estimate of drug-likeness (QED) is 0.173. The highest BCUT2D eigenvalue weighted by atomic mass is 16.3. The number of hydrogen-bond donors (Lipinski definition) is 0. The normalized spacial score (nSPS) is 12.1. The predicted molar refractivity (Wildman–Crippen MR) is 285 cm³/mol. The van der Waals surface area contributed by atoms with E-state index in [0.29, 0.717) is 23.1 Å². The molecule has 0 amide bonds. The van der Waals surface area contributed by atoms with Crippen molar-refractivity contribution in [2.24, 2.45) is 0 Å². The number of aromatic nitrogens is 5. The SMILES string of the molecule is c1ccc(-n2c3ccccc3c3cccc(-c4nc(-c5ccc6ccccc6c5)nc(-c5c(-n6c7ccccc7c7cc8ccccc8cc76)ccc6c5oc5ccc7ccccc7c56)n4)c32)cc1. The number of hydrogen-bond acceptors (Lipinski definition) is 4. The van der Waals surface area contributed by atoms with Crippen LogP contribution < -0.4 is 0 Å². The standard InChI is InChI=1S/C63H37N5O/c1-2-20-44(21-3-1)67-52-27-12-10-23-46(52)48-25-14-26-50(59(48)67)62-64-61(43-30-29-38-15-4-5-17-40(38)35-43)65-63(66-62)58-54(33-32-49-57-45-22-9-8-16-39(45)31-34-56(57)69-60(49)58)68-53-28-13-11-24-47(53)51-36-41-18-6-7-19-42(41)37-55(51)68/h1-37H. The van der Waals surface area contributed by atoms with Crippen molar-refractivity contribution in [2.75, 3.05) is 0 Å². The van der Waals surface area contributed by atoms with Crippen LogP contribution in [-0.4, -0.2) is 24.1 Å². The first kappa shape index (κ1) is 37.8. The predicted octanol–water partition coefficient (Wildman–Crippen LogP) is 16.4. The fourth-order valence-corrected chi connectivity index (χ4v) is 11.0. The molecular weight excluding hydrogens is 843 g/mol. The van der Waals surface area contributed by atoms with Crippen molar-refractivity contribution in [1.29, 1.82) is 0 Å². The van der Waals surface area contributed by atoms with E-state index in [4.69, 9.17) is 19.4 Å². The van der Waals surface area contributed by atoms with Gasteiger partial charge in [-0.15, -0.1) is 0 Å². The Labute approximate surface area is 394 Å². The molecule has 11 aromatic carbocycles. The molecule has 0 unspecified atom stereocenters. The lowest BCUT2D eigenvalue weighted by Gasteiger charge is -2.16. The van der Waals surface area contributed by atoms with Crippen LogP contribution in [0.15, 0.2) is 229 Å². The summed E-state index contributed by atoms with van der Waals surface area (Å²) in [5, 5.41) is 13.5. The minimum absolute atomic E-state index is 0.512. The Morgan fingerprint density at radius 3 is 1.77 bits per heavy atom. The van der Waals surface area contributed by atoms with E-state index in [1.54, 1.807) is 0 Å². The fraction of sp³-hybridized carbons (Fsp3) is 0. The van der Waals surface area contributed by atoms with Gasteiger partial charge in [0.15, 0.2) is 17.5 Å². The van der Waals surface area contributed by atoms with E-state index in [-0.39, 0.29) is 0 Å². The second-order valence-electron chi connectivity index (χ2n) is 17.9. The number of para-hydroxylation sites is 4. The third-order valence-electron chi connectivity index (χ3n) is 14.1. The molecule has 0 atom stereocenters. The largest absolute Gasteiger partial charge is 0.455 e. The molecule has 4 heterocycles. The molecule has 0 N–H and O–H groups in total. The van der Waals surface area contributed by atoms with Crippen LogP contribution >= 0.6 is 0 Å². The van der Waals surface area contributed by atoms with Gasteiger partial charge in [-0.1, -0.05) is 158 Å². The van der Waals surface area contributed by atoms with E-state index >= 15 is 0 Å². The van der Waals surface area contributed by atoms with Gasteiger partial charge in [0.25, 0.3) is 0 Å². The van der Waals surface area contributed by atoms with Crippen molar-refractivity contribution in [2.45, 2.75) is 0 Å². The van der Waals surface area contributed by atoms with Crippen LogP contribution in [-0.2, 0) is 0 Å². The molecule has 15 aromatic rings. The Kier molecular flexibility index (Phi) is 7.97. The Morgan fingerprint density at radius 2 is 0.957 bits per heavy atom. The molecule has 0 aliphatic rings. The molecule has 0 saturated carbocycles. The van der Waals surface area contributed by atoms with E-state index in [0.717, 1.165) is 110 Å². The maximum atomic E-state index is 7.20. The van der Waals surface area contributed by atoms with E-state index in [1.807, 2.05) is 0 Å². The zero-order valence-electron chi connectivity index (χ0n) is 37.0. The second kappa shape index (κ2) is 14.6. The molecule has 4 aromatic heterocycles. The Hall–Kier alpha value is -9.39. The van der Waals surface area contributed by atoms with Crippen molar-refractivity contribution in [3.05, 3.63) is 224 Å². The van der Waals surface area contributed by atoms with Crippen molar-refractivity contribution in [3.63, 3.8) is 0 Å². The first-order valence-electron chi connectivity index (χ1n) is 23.3. The van der Waals surface area contributed by atoms with Gasteiger partial charge in [-0.05, 0) is 99.0 Å². The fourth-order valence-electron chi connectivity index (χ4n) is 11.0. The molecule has 69 heavy (non-hydrogen) atoms. The summed E-state index contributed by atoms with van der Waals surface area (Å²) in [7, 11) is 0. The minimum Gasteiger partial charge on any atom is -0.455 e. The van der Waals surface area contributed by atoms with Crippen LogP contribution in [0.1, 0.15) is 0 Å². The molecular formula is C63H37N5O. The summed E-state index contributed by atoms with van der Waals surface area (Å²) in [6.45, 7) is 0. The Balaban J connectivity index is 1.11. The molecule has 0 aliphatic carbocycles. The summed E-state index contributed by atoms with van der Waals surface area (Å²) >= 11 is 0. The molecule has 0 spiro atoms. The first-order valence-corrected chi connectivity index (χ1v) is 23.3. The van der Waals surface area contributed by atoms with Crippen molar-refractivity contribution < 1.29 is 4.42 Å². The average molecular weight is 880 g/mol. The van der Waals surface area contributed by atoms with Crippen molar-refractivity contribution in [3.8, 4) is 45.5 Å². The van der Waals surface area contributed by atoms with Gasteiger partial charge in [0.05, 0.1) is 33.3 Å². The van der Waals surface area contributed by atoms with Crippen molar-refractivity contribution >= 4 is 97.9 Å². The molecule has 0 aliphatic heterocycles. The molecule has 0 bridgehead atoms. The number of rotatable bonds is 5. The third-order valence-corrected chi connectivity index (χ3v) is 14.1. The summed E-state index contributed by atoms with van der Waals surface area (Å²) < 4.78 is 11.9. The van der Waals surface area contributed by atoms with Crippen LogP contribution in [0.5, 0.6) is 0 Å². The van der Waals surface area contributed by atoms with Crippen LogP contribution in [0, 0.1) is 0 Å². The zero-order chi connectivity index (χ0) is 45.2. The van der Waals surface area contributed by atoms with E-state index in [9.17, 15) is 0 Å². The van der Waals surface area contributed by atoms with Gasteiger partial charge in [-0.3, -0.25) is 0 Å². The van der Waals surface area contributed by atoms with Crippen LogP contribution in [0.25, 0.3) is 143 Å². The molecule has 0 saturated heterocycles. The molecule has 15 rings (SSSR count). The first-order chi connectivity index (χ1) is 34.2. The van der Waals surface area contributed by atoms with E-state index < -0.39 is 0 Å². The van der Waals surface area contributed by atoms with Gasteiger partial charge < -0.3 is 13.6 Å². The maximum Gasteiger partial charge on any atom is 0.170 e. The smallest absolute Gasteiger partial charge is 0.170 e. The van der Waals surface area contributed by atoms with Crippen molar-refractivity contribution in [1.82, 2.24) is 24.1 Å². The highest BCUT2D eigenvalue weighted by Crippen LogP contribution is 2.45. The lowest BCUT2D eigenvalue weighted by atomic mass is 10.0. The number of furan rings is 1. The van der Waals surface area contributed by atoms with Gasteiger partial charge >= 0.3 is 0 Å². The van der Waals surface area contributed by atoms with Gasteiger partial charge in [0, 0.05) is 49.1 Å². The highest BCUT2D eigenvalue weighted by Gasteiger charge is 2.27. The topological polar surface area (TPSA) is 61.7 Å². The number of fused-ring (bicyclic) bond motifs is 13. The lowest BCUT2D eigenvalue weighted by molar-refractivity contribution is 0.669. The minimum atomic E-state index is 0.512. The molecule has 320 valence electrons. The van der Waals surface area contributed by atoms with Crippen LogP contribution in [0.3, 0.4) is 0 Å². The lowest BCUT2D eigenvalue weighted by Crippen LogP contribution is -2.05. The summed E-state index contributed by atoms with van der Waals surface area (Å²) in [4.78, 5) is 16.7. The van der Waals surface area contributed by atoms with Gasteiger partial charge in [0.1, 0.15) is 11.2 Å². The average Bonchev–Trinajstić information content (AvgIpc) is 4.08.